The molecule has 0 aliphatic heterocycles. The van der Waals surface area contributed by atoms with Gasteiger partial charge in [0.1, 0.15) is 6.61 Å². The van der Waals surface area contributed by atoms with Crippen LogP contribution in [0.3, 0.4) is 0 Å². The molecule has 1 unspecified atom stereocenters. The number of allylic oxidation sites excluding steroid dienone is 14. The summed E-state index contributed by atoms with van der Waals surface area (Å²) in [5.41, 5.74) is 0. The molecule has 0 spiro atoms. The average molecular weight is 733 g/mol. The molecule has 0 saturated carbocycles. The highest BCUT2D eigenvalue weighted by Gasteiger charge is 2.22. The zero-order valence-electron chi connectivity index (χ0n) is 31.7. The van der Waals surface area contributed by atoms with Crippen LogP contribution >= 0.6 is 7.82 Å². The molecular formula is C42H69O8P. The Morgan fingerprint density at radius 3 is 1.49 bits per heavy atom. The normalized spacial score (nSPS) is 13.4. The fraction of sp³-hybridized carbons (Fsp3) is 0.619. The first-order valence-electron chi connectivity index (χ1n) is 19.5. The molecule has 51 heavy (non-hydrogen) atoms. The highest BCUT2D eigenvalue weighted by atomic mass is 31.2. The van der Waals surface area contributed by atoms with Crippen LogP contribution in [0.1, 0.15) is 149 Å². The fourth-order valence-corrected chi connectivity index (χ4v) is 5.28. The van der Waals surface area contributed by atoms with E-state index in [4.69, 9.17) is 19.3 Å². The van der Waals surface area contributed by atoms with Crippen molar-refractivity contribution in [3.63, 3.8) is 0 Å². The smallest absolute Gasteiger partial charge is 0.462 e. The molecule has 0 aromatic heterocycles. The maximum atomic E-state index is 12.3. The fourth-order valence-electron chi connectivity index (χ4n) is 4.92. The second kappa shape index (κ2) is 37.0. The number of rotatable bonds is 34. The van der Waals surface area contributed by atoms with Crippen molar-refractivity contribution in [1.82, 2.24) is 0 Å². The van der Waals surface area contributed by atoms with E-state index in [-0.39, 0.29) is 19.4 Å². The van der Waals surface area contributed by atoms with Gasteiger partial charge in [-0.2, -0.15) is 0 Å². The molecule has 0 radical (unpaired) electrons. The first kappa shape index (κ1) is 48.2. The molecule has 0 amide bonds. The van der Waals surface area contributed by atoms with Crippen molar-refractivity contribution in [2.75, 3.05) is 13.2 Å². The third kappa shape index (κ3) is 39.9. The van der Waals surface area contributed by atoms with Gasteiger partial charge < -0.3 is 19.3 Å². The van der Waals surface area contributed by atoms with Crippen molar-refractivity contribution in [1.29, 1.82) is 0 Å². The molecule has 2 N–H and O–H groups in total. The SMILES string of the molecule is CC/C=C/C=C/C=C/C=C/C=C/CCCC(=O)OC(COC(=O)CCCCCCCCCCCC/C=C/C=C/CCCCCC)COP(=O)(O)O. The second-order valence-electron chi connectivity index (χ2n) is 12.7. The van der Waals surface area contributed by atoms with Crippen molar-refractivity contribution >= 4 is 19.8 Å². The van der Waals surface area contributed by atoms with Crippen molar-refractivity contribution in [3.8, 4) is 0 Å². The minimum Gasteiger partial charge on any atom is -0.462 e. The zero-order chi connectivity index (χ0) is 37.5. The number of esters is 2. The van der Waals surface area contributed by atoms with E-state index in [1.807, 2.05) is 54.7 Å². The molecular weight excluding hydrogens is 663 g/mol. The van der Waals surface area contributed by atoms with Gasteiger partial charge >= 0.3 is 19.8 Å². The van der Waals surface area contributed by atoms with Gasteiger partial charge in [-0.1, -0.05) is 170 Å². The molecule has 290 valence electrons. The summed E-state index contributed by atoms with van der Waals surface area (Å²) in [5.74, 6) is -0.983. The van der Waals surface area contributed by atoms with E-state index in [0.29, 0.717) is 19.3 Å². The van der Waals surface area contributed by atoms with Gasteiger partial charge in [-0.05, 0) is 51.4 Å². The molecule has 0 fully saturated rings. The Kier molecular flexibility index (Phi) is 35.0. The number of unbranched alkanes of at least 4 members (excludes halogenated alkanes) is 15. The molecule has 0 bridgehead atoms. The van der Waals surface area contributed by atoms with Gasteiger partial charge in [-0.25, -0.2) is 4.57 Å². The summed E-state index contributed by atoms with van der Waals surface area (Å²) in [5, 5.41) is 0. The van der Waals surface area contributed by atoms with E-state index >= 15 is 0 Å². The van der Waals surface area contributed by atoms with Crippen molar-refractivity contribution in [3.05, 3.63) is 85.1 Å². The molecule has 0 aliphatic rings. The molecule has 1 atom stereocenters. The summed E-state index contributed by atoms with van der Waals surface area (Å²) in [7, 11) is -4.78. The Morgan fingerprint density at radius 2 is 0.961 bits per heavy atom. The number of hydrogen-bond donors (Lipinski definition) is 2. The third-order valence-corrected chi connectivity index (χ3v) is 8.29. The summed E-state index contributed by atoms with van der Waals surface area (Å²) in [6.07, 6.45) is 48.9. The van der Waals surface area contributed by atoms with Gasteiger partial charge in [0.25, 0.3) is 0 Å². The zero-order valence-corrected chi connectivity index (χ0v) is 32.6. The van der Waals surface area contributed by atoms with Crippen molar-refractivity contribution in [2.24, 2.45) is 0 Å². The average Bonchev–Trinajstić information content (AvgIpc) is 3.10. The Morgan fingerprint density at radius 1 is 0.529 bits per heavy atom. The first-order valence-corrected chi connectivity index (χ1v) is 21.0. The van der Waals surface area contributed by atoms with E-state index in [0.717, 1.165) is 32.1 Å². The summed E-state index contributed by atoms with van der Waals surface area (Å²) < 4.78 is 26.2. The number of carbonyl (C=O) groups is 2. The van der Waals surface area contributed by atoms with Gasteiger partial charge in [0.15, 0.2) is 6.10 Å². The number of phosphoric acid groups is 1. The first-order chi connectivity index (χ1) is 24.8. The maximum Gasteiger partial charge on any atom is 0.469 e. The lowest BCUT2D eigenvalue weighted by atomic mass is 10.1. The lowest BCUT2D eigenvalue weighted by Crippen LogP contribution is -2.29. The van der Waals surface area contributed by atoms with Crippen LogP contribution in [0.25, 0.3) is 0 Å². The highest BCUT2D eigenvalue weighted by molar-refractivity contribution is 7.46. The second-order valence-corrected chi connectivity index (χ2v) is 13.9. The quantitative estimate of drug-likeness (QED) is 0.0290. The highest BCUT2D eigenvalue weighted by Crippen LogP contribution is 2.36. The topological polar surface area (TPSA) is 119 Å². The van der Waals surface area contributed by atoms with Gasteiger partial charge in [-0.15, -0.1) is 0 Å². The van der Waals surface area contributed by atoms with Crippen LogP contribution in [0, 0.1) is 0 Å². The van der Waals surface area contributed by atoms with E-state index in [2.05, 4.69) is 48.8 Å². The Balaban J connectivity index is 4.02. The molecule has 9 heteroatoms. The largest absolute Gasteiger partial charge is 0.469 e. The van der Waals surface area contributed by atoms with Crippen molar-refractivity contribution in [2.45, 2.75) is 155 Å². The number of hydrogen-bond acceptors (Lipinski definition) is 6. The van der Waals surface area contributed by atoms with E-state index < -0.39 is 32.5 Å². The van der Waals surface area contributed by atoms with Crippen LogP contribution in [0.15, 0.2) is 85.1 Å². The van der Waals surface area contributed by atoms with E-state index in [1.54, 1.807) is 0 Å². The van der Waals surface area contributed by atoms with Crippen LogP contribution in [0.4, 0.5) is 0 Å². The maximum absolute atomic E-state index is 12.3. The summed E-state index contributed by atoms with van der Waals surface area (Å²) in [6.45, 7) is 3.44. The van der Waals surface area contributed by atoms with E-state index in [9.17, 15) is 14.2 Å². The van der Waals surface area contributed by atoms with Crippen molar-refractivity contribution < 1.29 is 37.9 Å². The number of phosphoric ester groups is 1. The van der Waals surface area contributed by atoms with Gasteiger partial charge in [0, 0.05) is 12.8 Å². The van der Waals surface area contributed by atoms with Crippen LogP contribution in [0.5, 0.6) is 0 Å². The van der Waals surface area contributed by atoms with Crippen LogP contribution < -0.4 is 0 Å². The molecule has 0 aliphatic carbocycles. The van der Waals surface area contributed by atoms with Crippen LogP contribution in [-0.2, 0) is 28.2 Å². The minimum atomic E-state index is -4.78. The molecule has 0 aromatic carbocycles. The predicted octanol–water partition coefficient (Wildman–Crippen LogP) is 11.7. The van der Waals surface area contributed by atoms with Gasteiger partial charge in [-0.3, -0.25) is 14.1 Å². The van der Waals surface area contributed by atoms with Gasteiger partial charge in [0.2, 0.25) is 0 Å². The van der Waals surface area contributed by atoms with Gasteiger partial charge in [0.05, 0.1) is 6.61 Å². The molecule has 0 rings (SSSR count). The molecule has 0 saturated heterocycles. The molecule has 0 aromatic rings. The molecule has 0 heterocycles. The van der Waals surface area contributed by atoms with E-state index in [1.165, 1.54) is 70.6 Å². The Labute approximate surface area is 310 Å². The predicted molar refractivity (Wildman–Crippen MR) is 211 cm³/mol. The monoisotopic (exact) mass is 732 g/mol. The van der Waals surface area contributed by atoms with Crippen LogP contribution in [0.2, 0.25) is 0 Å². The number of carbonyl (C=O) groups excluding carboxylic acids is 2. The standard InChI is InChI=1S/C42H69O8P/c1-3-5-7-9-11-13-15-17-18-19-20-21-22-23-25-26-28-30-32-34-36-41(43)48-38-40(39-49-51(45,46)47)50-42(44)37-35-33-31-29-27-24-16-14-12-10-8-6-4-2/h6,8,10,12-18,24,27,29,31,40H,3-5,7,9,11,19-23,25-26,28,30,32-39H2,1-2H3,(H2,45,46,47)/b8-6+,12-10+,15-13+,16-14+,18-17+,27-24+,31-29+. The Bertz CT molecular complexity index is 1100. The number of ether oxygens (including phenoxy) is 2. The molecule has 8 nitrogen and oxygen atoms in total. The third-order valence-electron chi connectivity index (χ3n) is 7.80. The summed E-state index contributed by atoms with van der Waals surface area (Å²) in [4.78, 5) is 42.7. The summed E-state index contributed by atoms with van der Waals surface area (Å²) in [6, 6.07) is 0. The minimum absolute atomic E-state index is 0.111. The lowest BCUT2D eigenvalue weighted by Gasteiger charge is -2.18. The summed E-state index contributed by atoms with van der Waals surface area (Å²) >= 11 is 0. The Hall–Kier alpha value is -2.77. The lowest BCUT2D eigenvalue weighted by molar-refractivity contribution is -0.161. The van der Waals surface area contributed by atoms with Crippen LogP contribution in [-0.4, -0.2) is 41.0 Å².